The minimum absolute atomic E-state index is 0.154. The molecule has 0 saturated carbocycles. The molecule has 0 unspecified atom stereocenters. The maximum atomic E-state index is 12.3. The highest BCUT2D eigenvalue weighted by molar-refractivity contribution is 6.06. The van der Waals surface area contributed by atoms with Crippen LogP contribution in [0.15, 0.2) is 23.4 Å². The molecule has 1 aromatic rings. The number of morpholine rings is 1. The van der Waals surface area contributed by atoms with E-state index in [1.165, 1.54) is 0 Å². The smallest absolute Gasteiger partial charge is 0.264 e. The third-order valence-corrected chi connectivity index (χ3v) is 4.51. The van der Waals surface area contributed by atoms with Crippen molar-refractivity contribution in [3.63, 3.8) is 0 Å². The maximum Gasteiger partial charge on any atom is 0.264 e. The van der Waals surface area contributed by atoms with Gasteiger partial charge in [0.25, 0.3) is 5.91 Å². The molecule has 0 radical (unpaired) electrons. The molecule has 8 nitrogen and oxygen atoms in total. The first-order valence-electron chi connectivity index (χ1n) is 8.74. The molecule has 1 fully saturated rings. The Morgan fingerprint density at radius 1 is 1.31 bits per heavy atom. The van der Waals surface area contributed by atoms with E-state index in [1.54, 1.807) is 14.2 Å². The molecule has 0 spiro atoms. The molecule has 1 amide bonds. The molecule has 1 aromatic carbocycles. The van der Waals surface area contributed by atoms with Gasteiger partial charge in [-0.15, -0.1) is 0 Å². The van der Waals surface area contributed by atoms with E-state index in [2.05, 4.69) is 15.4 Å². The molecule has 2 aliphatic rings. The summed E-state index contributed by atoms with van der Waals surface area (Å²) in [5.41, 5.74) is 1.45. The summed E-state index contributed by atoms with van der Waals surface area (Å²) in [6, 6.07) is 5.46. The van der Waals surface area contributed by atoms with Gasteiger partial charge < -0.3 is 24.4 Å². The van der Waals surface area contributed by atoms with Crippen LogP contribution in [0.2, 0.25) is 0 Å². The number of carbonyl (C=O) groups is 1. The van der Waals surface area contributed by atoms with Crippen LogP contribution < -0.4 is 14.8 Å². The lowest BCUT2D eigenvalue weighted by Crippen LogP contribution is -2.43. The number of oxime groups is 1. The summed E-state index contributed by atoms with van der Waals surface area (Å²) in [4.78, 5) is 19.9. The van der Waals surface area contributed by atoms with Crippen LogP contribution in [0.5, 0.6) is 11.5 Å². The number of ether oxygens (including phenoxy) is 3. The summed E-state index contributed by atoms with van der Waals surface area (Å²) in [6.45, 7) is 4.69. The van der Waals surface area contributed by atoms with Gasteiger partial charge in [-0.05, 0) is 18.2 Å². The standard InChI is InChI=1S/C18H25N3O5/c1-23-13-3-4-16(24-2)14(11-13)15-12-17(26-20-15)18(22)19-5-6-21-7-9-25-10-8-21/h3-4,11,17H,5-10,12H2,1-2H3,(H,19,22)/t17-/m1/s1. The fourth-order valence-corrected chi connectivity index (χ4v) is 2.99. The zero-order chi connectivity index (χ0) is 18.4. The van der Waals surface area contributed by atoms with Crippen LogP contribution in [0, 0.1) is 0 Å². The largest absolute Gasteiger partial charge is 0.497 e. The number of benzene rings is 1. The molecule has 3 rings (SSSR count). The molecular formula is C18H25N3O5. The van der Waals surface area contributed by atoms with Crippen LogP contribution in [0.3, 0.4) is 0 Å². The quantitative estimate of drug-likeness (QED) is 0.766. The average Bonchev–Trinajstić information content (AvgIpc) is 3.18. The fraction of sp³-hybridized carbons (Fsp3) is 0.556. The zero-order valence-corrected chi connectivity index (χ0v) is 15.2. The van der Waals surface area contributed by atoms with Crippen LogP contribution >= 0.6 is 0 Å². The Morgan fingerprint density at radius 2 is 2.12 bits per heavy atom. The van der Waals surface area contributed by atoms with E-state index in [0.717, 1.165) is 38.4 Å². The Bertz CT molecular complexity index is 658. The molecule has 1 atom stereocenters. The van der Waals surface area contributed by atoms with Gasteiger partial charge in [0.05, 0.1) is 33.1 Å². The van der Waals surface area contributed by atoms with Gasteiger partial charge in [-0.2, -0.15) is 0 Å². The highest BCUT2D eigenvalue weighted by Crippen LogP contribution is 2.28. The first kappa shape index (κ1) is 18.5. The third kappa shape index (κ3) is 4.44. The van der Waals surface area contributed by atoms with Gasteiger partial charge in [0.2, 0.25) is 6.10 Å². The molecule has 0 aliphatic carbocycles. The number of hydrogen-bond donors (Lipinski definition) is 1. The minimum atomic E-state index is -0.620. The van der Waals surface area contributed by atoms with Crippen molar-refractivity contribution in [2.45, 2.75) is 12.5 Å². The van der Waals surface area contributed by atoms with Crippen LogP contribution in [0.1, 0.15) is 12.0 Å². The minimum Gasteiger partial charge on any atom is -0.497 e. The van der Waals surface area contributed by atoms with Crippen molar-refractivity contribution in [2.75, 3.05) is 53.6 Å². The number of carbonyl (C=O) groups excluding carboxylic acids is 1. The van der Waals surface area contributed by atoms with E-state index in [1.807, 2.05) is 18.2 Å². The first-order chi connectivity index (χ1) is 12.7. The zero-order valence-electron chi connectivity index (χ0n) is 15.2. The number of methoxy groups -OCH3 is 2. The second-order valence-corrected chi connectivity index (χ2v) is 6.15. The van der Waals surface area contributed by atoms with Crippen molar-refractivity contribution in [1.82, 2.24) is 10.2 Å². The Balaban J connectivity index is 1.52. The van der Waals surface area contributed by atoms with Crippen molar-refractivity contribution >= 4 is 11.6 Å². The second-order valence-electron chi connectivity index (χ2n) is 6.15. The molecular weight excluding hydrogens is 338 g/mol. The van der Waals surface area contributed by atoms with E-state index >= 15 is 0 Å². The van der Waals surface area contributed by atoms with E-state index in [9.17, 15) is 4.79 Å². The topological polar surface area (TPSA) is 81.6 Å². The highest BCUT2D eigenvalue weighted by atomic mass is 16.6. The maximum absolute atomic E-state index is 12.3. The van der Waals surface area contributed by atoms with Gasteiger partial charge >= 0.3 is 0 Å². The lowest BCUT2D eigenvalue weighted by molar-refractivity contribution is -0.131. The second kappa shape index (κ2) is 8.86. The van der Waals surface area contributed by atoms with Crippen LogP contribution in [0.4, 0.5) is 0 Å². The fourth-order valence-electron chi connectivity index (χ4n) is 2.99. The predicted octanol–water partition coefficient (Wildman–Crippen LogP) is 0.645. The average molecular weight is 363 g/mol. The van der Waals surface area contributed by atoms with E-state index in [4.69, 9.17) is 19.0 Å². The van der Waals surface area contributed by atoms with Crippen molar-refractivity contribution in [3.8, 4) is 11.5 Å². The van der Waals surface area contributed by atoms with Crippen molar-refractivity contribution in [2.24, 2.45) is 5.16 Å². The Morgan fingerprint density at radius 3 is 2.85 bits per heavy atom. The van der Waals surface area contributed by atoms with Crippen LogP contribution in [-0.2, 0) is 14.4 Å². The van der Waals surface area contributed by atoms with Gasteiger partial charge in [-0.3, -0.25) is 9.69 Å². The number of nitrogens with one attached hydrogen (secondary N) is 1. The van der Waals surface area contributed by atoms with E-state index in [0.29, 0.717) is 30.2 Å². The molecule has 2 aliphatic heterocycles. The molecule has 0 aromatic heterocycles. The van der Waals surface area contributed by atoms with Crippen LogP contribution in [0.25, 0.3) is 0 Å². The molecule has 142 valence electrons. The summed E-state index contributed by atoms with van der Waals surface area (Å²) in [5.74, 6) is 1.21. The normalized spacial score (nSPS) is 20.2. The van der Waals surface area contributed by atoms with Gasteiger partial charge in [0.15, 0.2) is 0 Å². The molecule has 1 N–H and O–H groups in total. The van der Waals surface area contributed by atoms with Crippen molar-refractivity contribution in [1.29, 1.82) is 0 Å². The Labute approximate surface area is 153 Å². The van der Waals surface area contributed by atoms with E-state index < -0.39 is 6.10 Å². The van der Waals surface area contributed by atoms with Crippen molar-refractivity contribution in [3.05, 3.63) is 23.8 Å². The number of nitrogens with zero attached hydrogens (tertiary/aromatic N) is 2. The summed E-state index contributed by atoms with van der Waals surface area (Å²) >= 11 is 0. The number of hydrogen-bond acceptors (Lipinski definition) is 7. The van der Waals surface area contributed by atoms with Gasteiger partial charge in [-0.25, -0.2) is 0 Å². The molecule has 26 heavy (non-hydrogen) atoms. The van der Waals surface area contributed by atoms with Gasteiger partial charge in [-0.1, -0.05) is 5.16 Å². The monoisotopic (exact) mass is 363 g/mol. The lowest BCUT2D eigenvalue weighted by Gasteiger charge is -2.26. The molecule has 0 bridgehead atoms. The Kier molecular flexibility index (Phi) is 6.30. The summed E-state index contributed by atoms with van der Waals surface area (Å²) in [5, 5.41) is 7.00. The SMILES string of the molecule is COc1ccc(OC)c(C2=NO[C@@H](C(=O)NCCN3CCOCC3)C2)c1. The first-order valence-corrected chi connectivity index (χ1v) is 8.74. The Hall–Kier alpha value is -2.32. The molecule has 2 heterocycles. The van der Waals surface area contributed by atoms with Gasteiger partial charge in [0.1, 0.15) is 11.5 Å². The predicted molar refractivity (Wildman–Crippen MR) is 95.8 cm³/mol. The van der Waals surface area contributed by atoms with Crippen molar-refractivity contribution < 1.29 is 23.8 Å². The summed E-state index contributed by atoms with van der Waals surface area (Å²) in [7, 11) is 3.20. The summed E-state index contributed by atoms with van der Waals surface area (Å²) < 4.78 is 15.9. The van der Waals surface area contributed by atoms with E-state index in [-0.39, 0.29) is 5.91 Å². The third-order valence-electron chi connectivity index (χ3n) is 4.51. The van der Waals surface area contributed by atoms with Gasteiger partial charge in [0, 0.05) is 38.2 Å². The lowest BCUT2D eigenvalue weighted by atomic mass is 10.0. The summed E-state index contributed by atoms with van der Waals surface area (Å²) in [6.07, 6.45) is -0.224. The molecule has 1 saturated heterocycles. The number of amides is 1. The molecule has 8 heteroatoms. The number of rotatable bonds is 7. The van der Waals surface area contributed by atoms with Crippen LogP contribution in [-0.4, -0.2) is 76.2 Å². The highest BCUT2D eigenvalue weighted by Gasteiger charge is 2.30.